The third-order valence-corrected chi connectivity index (χ3v) is 4.07. The van der Waals surface area contributed by atoms with Gasteiger partial charge in [0, 0.05) is 24.5 Å². The molecule has 0 atom stereocenters. The summed E-state index contributed by atoms with van der Waals surface area (Å²) in [6, 6.07) is 9.89. The predicted molar refractivity (Wildman–Crippen MR) is 86.6 cm³/mol. The summed E-state index contributed by atoms with van der Waals surface area (Å²) in [6.45, 7) is 2.80. The minimum Gasteiger partial charge on any atom is -0.326 e. The summed E-state index contributed by atoms with van der Waals surface area (Å²) in [6.07, 6.45) is 6.52. The van der Waals surface area contributed by atoms with Crippen molar-refractivity contribution in [3.63, 3.8) is 0 Å². The maximum absolute atomic E-state index is 12.1. The average molecular weight is 298 g/mol. The molecule has 2 N–H and O–H groups in total. The molecule has 116 valence electrons. The number of carbonyl (C=O) groups is 1. The molecule has 1 amide bonds. The van der Waals surface area contributed by atoms with E-state index in [1.54, 1.807) is 6.20 Å². The lowest BCUT2D eigenvalue weighted by molar-refractivity contribution is -0.117. The fourth-order valence-corrected chi connectivity index (χ4v) is 2.83. The summed E-state index contributed by atoms with van der Waals surface area (Å²) < 4.78 is 1.88. The van der Waals surface area contributed by atoms with Crippen LogP contribution in [-0.2, 0) is 11.3 Å². The van der Waals surface area contributed by atoms with E-state index in [1.807, 2.05) is 41.2 Å². The van der Waals surface area contributed by atoms with Crippen LogP contribution >= 0.6 is 0 Å². The van der Waals surface area contributed by atoms with Gasteiger partial charge in [0.1, 0.15) is 0 Å². The molecule has 1 aliphatic heterocycles. The van der Waals surface area contributed by atoms with Crippen molar-refractivity contribution >= 4 is 11.6 Å². The quantitative estimate of drug-likeness (QED) is 0.890. The van der Waals surface area contributed by atoms with E-state index in [1.165, 1.54) is 5.56 Å². The van der Waals surface area contributed by atoms with Gasteiger partial charge in [-0.3, -0.25) is 9.48 Å². The fraction of sp³-hybridized carbons (Fsp3) is 0.412. The van der Waals surface area contributed by atoms with Crippen LogP contribution in [0.5, 0.6) is 0 Å². The zero-order valence-corrected chi connectivity index (χ0v) is 12.7. The number of hydrogen-bond donors (Lipinski definition) is 2. The molecule has 0 radical (unpaired) electrons. The first kappa shape index (κ1) is 14.8. The number of nitrogens with zero attached hydrogens (tertiary/aromatic N) is 2. The highest BCUT2D eigenvalue weighted by molar-refractivity contribution is 5.90. The Balaban J connectivity index is 1.50. The number of carbonyl (C=O) groups excluding carboxylic acids is 1. The Morgan fingerprint density at radius 3 is 2.73 bits per heavy atom. The third kappa shape index (κ3) is 4.18. The van der Waals surface area contributed by atoms with Crippen molar-refractivity contribution in [2.75, 3.05) is 18.4 Å². The number of nitrogens with one attached hydrogen (secondary N) is 2. The van der Waals surface area contributed by atoms with E-state index in [0.29, 0.717) is 12.3 Å². The molecule has 5 nitrogen and oxygen atoms in total. The van der Waals surface area contributed by atoms with Gasteiger partial charge in [0.25, 0.3) is 0 Å². The Bertz CT molecular complexity index is 586. The van der Waals surface area contributed by atoms with Crippen molar-refractivity contribution in [1.29, 1.82) is 0 Å². The zero-order chi connectivity index (χ0) is 15.2. The van der Waals surface area contributed by atoms with Gasteiger partial charge in [-0.2, -0.15) is 5.10 Å². The van der Waals surface area contributed by atoms with E-state index >= 15 is 0 Å². The highest BCUT2D eigenvalue weighted by Crippen LogP contribution is 2.17. The molecule has 1 aromatic heterocycles. The number of piperidine rings is 1. The van der Waals surface area contributed by atoms with Crippen molar-refractivity contribution in [2.45, 2.75) is 25.8 Å². The lowest BCUT2D eigenvalue weighted by atomic mass is 9.94. The van der Waals surface area contributed by atoms with E-state index in [0.717, 1.165) is 38.2 Å². The molecule has 3 rings (SSSR count). The number of amides is 1. The highest BCUT2D eigenvalue weighted by Gasteiger charge is 2.16. The van der Waals surface area contributed by atoms with E-state index in [-0.39, 0.29) is 5.91 Å². The van der Waals surface area contributed by atoms with E-state index < -0.39 is 0 Å². The van der Waals surface area contributed by atoms with Crippen LogP contribution in [-0.4, -0.2) is 28.8 Å². The summed E-state index contributed by atoms with van der Waals surface area (Å²) in [5.74, 6) is 0.632. The number of aromatic nitrogens is 2. The molecule has 0 bridgehead atoms. The number of benzene rings is 1. The molecule has 0 aliphatic carbocycles. The fourth-order valence-electron chi connectivity index (χ4n) is 2.83. The lowest BCUT2D eigenvalue weighted by Crippen LogP contribution is -2.30. The smallest absolute Gasteiger partial charge is 0.224 e. The Morgan fingerprint density at radius 1 is 1.27 bits per heavy atom. The SMILES string of the molecule is O=C(CC1CCNCC1)Nc1ccc(Cn2cccn2)cc1. The first-order valence-corrected chi connectivity index (χ1v) is 7.86. The Hall–Kier alpha value is -2.14. The van der Waals surface area contributed by atoms with Gasteiger partial charge >= 0.3 is 0 Å². The zero-order valence-electron chi connectivity index (χ0n) is 12.7. The first-order valence-electron chi connectivity index (χ1n) is 7.86. The highest BCUT2D eigenvalue weighted by atomic mass is 16.1. The molecule has 2 heterocycles. The van der Waals surface area contributed by atoms with E-state index in [9.17, 15) is 4.79 Å². The predicted octanol–water partition coefficient (Wildman–Crippen LogP) is 2.26. The molecule has 1 fully saturated rings. The van der Waals surface area contributed by atoms with Crippen molar-refractivity contribution < 1.29 is 4.79 Å². The Labute approximate surface area is 130 Å². The summed E-state index contributed by atoms with van der Waals surface area (Å²) in [7, 11) is 0. The van der Waals surface area contributed by atoms with Crippen LogP contribution in [0.3, 0.4) is 0 Å². The lowest BCUT2D eigenvalue weighted by Gasteiger charge is -2.21. The number of rotatable bonds is 5. The monoisotopic (exact) mass is 298 g/mol. The maximum Gasteiger partial charge on any atom is 0.224 e. The van der Waals surface area contributed by atoms with Crippen molar-refractivity contribution in [3.05, 3.63) is 48.3 Å². The largest absolute Gasteiger partial charge is 0.326 e. The van der Waals surface area contributed by atoms with Gasteiger partial charge in [0.05, 0.1) is 6.54 Å². The molecular formula is C17H22N4O. The second-order valence-corrected chi connectivity index (χ2v) is 5.85. The van der Waals surface area contributed by atoms with E-state index in [2.05, 4.69) is 15.7 Å². The second-order valence-electron chi connectivity index (χ2n) is 5.85. The van der Waals surface area contributed by atoms with Crippen molar-refractivity contribution in [1.82, 2.24) is 15.1 Å². The molecule has 1 aromatic carbocycles. The molecule has 2 aromatic rings. The van der Waals surface area contributed by atoms with Crippen LogP contribution in [0.4, 0.5) is 5.69 Å². The van der Waals surface area contributed by atoms with Gasteiger partial charge < -0.3 is 10.6 Å². The molecule has 0 saturated carbocycles. The summed E-state index contributed by atoms with van der Waals surface area (Å²) in [5, 5.41) is 10.5. The third-order valence-electron chi connectivity index (χ3n) is 4.07. The Kier molecular flexibility index (Phi) is 4.85. The standard InChI is InChI=1S/C17H22N4O/c22-17(12-14-6-9-18-10-7-14)20-16-4-2-15(3-5-16)13-21-11-1-8-19-21/h1-5,8,11,14,18H,6-7,9-10,12-13H2,(H,20,22). The second kappa shape index (κ2) is 7.22. The number of anilines is 1. The molecule has 0 unspecified atom stereocenters. The number of hydrogen-bond acceptors (Lipinski definition) is 3. The van der Waals surface area contributed by atoms with Crippen LogP contribution < -0.4 is 10.6 Å². The maximum atomic E-state index is 12.1. The van der Waals surface area contributed by atoms with Crippen LogP contribution in [0.1, 0.15) is 24.8 Å². The van der Waals surface area contributed by atoms with Crippen molar-refractivity contribution in [2.24, 2.45) is 5.92 Å². The minimum absolute atomic E-state index is 0.117. The first-order chi connectivity index (χ1) is 10.8. The van der Waals surface area contributed by atoms with Gasteiger partial charge in [0.2, 0.25) is 5.91 Å². The van der Waals surface area contributed by atoms with Crippen LogP contribution in [0.25, 0.3) is 0 Å². The molecule has 1 saturated heterocycles. The van der Waals surface area contributed by atoms with Gasteiger partial charge in [-0.25, -0.2) is 0 Å². The molecule has 22 heavy (non-hydrogen) atoms. The van der Waals surface area contributed by atoms with Gasteiger partial charge in [-0.1, -0.05) is 12.1 Å². The topological polar surface area (TPSA) is 59.0 Å². The van der Waals surface area contributed by atoms with Gasteiger partial charge in [-0.05, 0) is 55.6 Å². The average Bonchev–Trinajstić information content (AvgIpc) is 3.03. The van der Waals surface area contributed by atoms with Gasteiger partial charge in [-0.15, -0.1) is 0 Å². The van der Waals surface area contributed by atoms with Crippen LogP contribution in [0.2, 0.25) is 0 Å². The normalized spacial score (nSPS) is 15.6. The minimum atomic E-state index is 0.117. The molecule has 0 spiro atoms. The van der Waals surface area contributed by atoms with Crippen molar-refractivity contribution in [3.8, 4) is 0 Å². The summed E-state index contributed by atoms with van der Waals surface area (Å²) >= 11 is 0. The summed E-state index contributed by atoms with van der Waals surface area (Å²) in [5.41, 5.74) is 2.03. The molecular weight excluding hydrogens is 276 g/mol. The molecule has 5 heteroatoms. The van der Waals surface area contributed by atoms with Crippen LogP contribution in [0.15, 0.2) is 42.7 Å². The summed E-state index contributed by atoms with van der Waals surface area (Å²) in [4.78, 5) is 12.1. The van der Waals surface area contributed by atoms with Crippen LogP contribution in [0, 0.1) is 5.92 Å². The van der Waals surface area contributed by atoms with Gasteiger partial charge in [0.15, 0.2) is 0 Å². The Morgan fingerprint density at radius 2 is 2.05 bits per heavy atom. The molecule has 1 aliphatic rings. The van der Waals surface area contributed by atoms with E-state index in [4.69, 9.17) is 0 Å².